The second kappa shape index (κ2) is 8.46. The summed E-state index contributed by atoms with van der Waals surface area (Å²) in [5.41, 5.74) is -0.0750. The second-order valence-electron chi connectivity index (χ2n) is 6.59. The first-order valence-corrected chi connectivity index (χ1v) is 9.30. The van der Waals surface area contributed by atoms with Crippen molar-refractivity contribution >= 4 is 22.8 Å². The van der Waals surface area contributed by atoms with Crippen LogP contribution in [0.2, 0.25) is 0 Å². The van der Waals surface area contributed by atoms with Gasteiger partial charge >= 0.3 is 6.18 Å². The van der Waals surface area contributed by atoms with E-state index in [0.717, 1.165) is 30.0 Å². The van der Waals surface area contributed by atoms with Crippen LogP contribution >= 0.6 is 0 Å². The number of carbonyl (C=O) groups excluding carboxylic acids is 1. The Balaban J connectivity index is 1.37. The van der Waals surface area contributed by atoms with Crippen molar-refractivity contribution in [3.05, 3.63) is 72.1 Å². The molecule has 0 radical (unpaired) electrons. The van der Waals surface area contributed by atoms with Crippen molar-refractivity contribution < 1.29 is 22.4 Å². The topological polar surface area (TPSA) is 97.9 Å². The van der Waals surface area contributed by atoms with E-state index in [1.54, 1.807) is 23.2 Å². The van der Waals surface area contributed by atoms with Gasteiger partial charge in [0.1, 0.15) is 17.9 Å². The van der Waals surface area contributed by atoms with Gasteiger partial charge in [0.05, 0.1) is 36.5 Å². The number of nitrogens with zero attached hydrogens (tertiary/aromatic N) is 4. The maximum atomic E-state index is 12.6. The van der Waals surface area contributed by atoms with Gasteiger partial charge in [-0.05, 0) is 36.4 Å². The summed E-state index contributed by atoms with van der Waals surface area (Å²) >= 11 is 0. The summed E-state index contributed by atoms with van der Waals surface area (Å²) in [6, 6.07) is 7.68. The van der Waals surface area contributed by atoms with Crippen molar-refractivity contribution in [2.24, 2.45) is 0 Å². The molecule has 0 saturated heterocycles. The van der Waals surface area contributed by atoms with Crippen molar-refractivity contribution in [2.45, 2.75) is 19.3 Å². The van der Waals surface area contributed by atoms with E-state index in [9.17, 15) is 18.0 Å². The van der Waals surface area contributed by atoms with E-state index in [0.29, 0.717) is 29.9 Å². The molecule has 2 N–H and O–H groups in total. The maximum absolute atomic E-state index is 12.6. The lowest BCUT2D eigenvalue weighted by atomic mass is 10.1. The standard InChI is InChI=1S/C20H17F3N6O2/c21-20(22,23)14-5-3-13(4-6-14)19(30)24-7-8-29-18-16(11-28-29)17(26-12-27-18)25-10-15-2-1-9-31-15/h1-6,9,11-12H,7-8,10H2,(H,24,30)(H,25,26,27). The van der Waals surface area contributed by atoms with Crippen LogP contribution in [0.25, 0.3) is 11.0 Å². The van der Waals surface area contributed by atoms with Crippen LogP contribution in [0.4, 0.5) is 19.0 Å². The van der Waals surface area contributed by atoms with Gasteiger partial charge in [0.15, 0.2) is 5.65 Å². The second-order valence-corrected chi connectivity index (χ2v) is 6.59. The molecule has 0 saturated carbocycles. The molecule has 31 heavy (non-hydrogen) atoms. The summed E-state index contributed by atoms with van der Waals surface area (Å²) < 4.78 is 44.8. The molecule has 8 nitrogen and oxygen atoms in total. The fourth-order valence-electron chi connectivity index (χ4n) is 2.97. The van der Waals surface area contributed by atoms with Gasteiger partial charge in [-0.3, -0.25) is 4.79 Å². The lowest BCUT2D eigenvalue weighted by Gasteiger charge is -2.09. The third kappa shape index (κ3) is 4.65. The zero-order valence-electron chi connectivity index (χ0n) is 16.1. The SMILES string of the molecule is O=C(NCCn1ncc2c(NCc3ccco3)ncnc21)c1ccc(C(F)(F)F)cc1. The molecule has 0 aliphatic heterocycles. The molecule has 1 aromatic carbocycles. The minimum absolute atomic E-state index is 0.144. The van der Waals surface area contributed by atoms with E-state index in [2.05, 4.69) is 25.7 Å². The normalized spacial score (nSPS) is 11.6. The summed E-state index contributed by atoms with van der Waals surface area (Å²) in [6.07, 6.45) is 0.177. The first-order chi connectivity index (χ1) is 14.9. The molecule has 0 aliphatic rings. The van der Waals surface area contributed by atoms with Gasteiger partial charge in [-0.1, -0.05) is 0 Å². The zero-order valence-corrected chi connectivity index (χ0v) is 16.1. The van der Waals surface area contributed by atoms with Crippen LogP contribution in [-0.2, 0) is 19.3 Å². The Morgan fingerprint density at radius 3 is 2.65 bits per heavy atom. The van der Waals surface area contributed by atoms with Gasteiger partial charge in [-0.15, -0.1) is 0 Å². The fraction of sp³-hybridized carbons (Fsp3) is 0.200. The van der Waals surface area contributed by atoms with Crippen LogP contribution in [0.3, 0.4) is 0 Å². The van der Waals surface area contributed by atoms with Crippen molar-refractivity contribution in [2.75, 3.05) is 11.9 Å². The van der Waals surface area contributed by atoms with Crippen molar-refractivity contribution in [3.63, 3.8) is 0 Å². The summed E-state index contributed by atoms with van der Waals surface area (Å²) in [5.74, 6) is 0.882. The van der Waals surface area contributed by atoms with Crippen molar-refractivity contribution in [3.8, 4) is 0 Å². The molecule has 4 aromatic rings. The summed E-state index contributed by atoms with van der Waals surface area (Å²) in [6.45, 7) is 0.994. The van der Waals surface area contributed by atoms with Gasteiger partial charge < -0.3 is 15.1 Å². The van der Waals surface area contributed by atoms with Crippen LogP contribution in [0.5, 0.6) is 0 Å². The van der Waals surface area contributed by atoms with E-state index in [-0.39, 0.29) is 12.1 Å². The molecule has 0 bridgehead atoms. The third-order valence-corrected chi connectivity index (χ3v) is 4.53. The Bertz CT molecular complexity index is 1170. The molecule has 0 spiro atoms. The first-order valence-electron chi connectivity index (χ1n) is 9.30. The molecule has 160 valence electrons. The molecule has 11 heteroatoms. The number of hydrogen-bond acceptors (Lipinski definition) is 6. The fourth-order valence-corrected chi connectivity index (χ4v) is 2.97. The number of alkyl halides is 3. The van der Waals surface area contributed by atoms with Gasteiger partial charge in [0.2, 0.25) is 0 Å². The van der Waals surface area contributed by atoms with E-state index >= 15 is 0 Å². The van der Waals surface area contributed by atoms with Crippen LogP contribution in [-0.4, -0.2) is 32.2 Å². The maximum Gasteiger partial charge on any atom is 0.416 e. The highest BCUT2D eigenvalue weighted by Gasteiger charge is 2.30. The molecule has 0 fully saturated rings. The lowest BCUT2D eigenvalue weighted by Crippen LogP contribution is -2.27. The highest BCUT2D eigenvalue weighted by atomic mass is 19.4. The Morgan fingerprint density at radius 2 is 1.94 bits per heavy atom. The number of rotatable bonds is 7. The van der Waals surface area contributed by atoms with E-state index in [1.807, 2.05) is 6.07 Å². The number of hydrogen-bond donors (Lipinski definition) is 2. The Morgan fingerprint density at radius 1 is 1.13 bits per heavy atom. The number of anilines is 1. The number of fused-ring (bicyclic) bond motifs is 1. The monoisotopic (exact) mass is 430 g/mol. The molecular formula is C20H17F3N6O2. The van der Waals surface area contributed by atoms with Crippen LogP contribution in [0, 0.1) is 0 Å². The molecule has 0 unspecified atom stereocenters. The molecule has 1 amide bonds. The predicted molar refractivity (Wildman–Crippen MR) is 105 cm³/mol. The van der Waals surface area contributed by atoms with Crippen LogP contribution in [0.15, 0.2) is 59.6 Å². The summed E-state index contributed by atoms with van der Waals surface area (Å²) in [7, 11) is 0. The molecule has 3 heterocycles. The Labute approximate surface area is 174 Å². The number of halogens is 3. The van der Waals surface area contributed by atoms with Crippen molar-refractivity contribution in [1.82, 2.24) is 25.1 Å². The Kier molecular flexibility index (Phi) is 5.56. The lowest BCUT2D eigenvalue weighted by molar-refractivity contribution is -0.137. The smallest absolute Gasteiger partial charge is 0.416 e. The van der Waals surface area contributed by atoms with Gasteiger partial charge in [0.25, 0.3) is 5.91 Å². The number of carbonyl (C=O) groups is 1. The average Bonchev–Trinajstić information content (AvgIpc) is 3.42. The minimum atomic E-state index is -4.44. The van der Waals surface area contributed by atoms with E-state index in [1.165, 1.54) is 6.33 Å². The number of nitrogens with one attached hydrogen (secondary N) is 2. The quantitative estimate of drug-likeness (QED) is 0.466. The predicted octanol–water partition coefficient (Wildman–Crippen LogP) is 3.48. The number of benzene rings is 1. The number of aromatic nitrogens is 4. The van der Waals surface area contributed by atoms with Crippen molar-refractivity contribution in [1.29, 1.82) is 0 Å². The molecule has 0 atom stereocenters. The summed E-state index contributed by atoms with van der Waals surface area (Å²) in [4.78, 5) is 20.7. The highest BCUT2D eigenvalue weighted by Crippen LogP contribution is 2.29. The molecular weight excluding hydrogens is 413 g/mol. The highest BCUT2D eigenvalue weighted by molar-refractivity contribution is 5.94. The van der Waals surface area contributed by atoms with Gasteiger partial charge in [0, 0.05) is 12.1 Å². The van der Waals surface area contributed by atoms with Gasteiger partial charge in [-0.2, -0.15) is 18.3 Å². The minimum Gasteiger partial charge on any atom is -0.467 e. The van der Waals surface area contributed by atoms with Crippen LogP contribution < -0.4 is 10.6 Å². The molecule has 0 aliphatic carbocycles. The van der Waals surface area contributed by atoms with E-state index < -0.39 is 17.6 Å². The van der Waals surface area contributed by atoms with E-state index in [4.69, 9.17) is 4.42 Å². The summed E-state index contributed by atoms with van der Waals surface area (Å²) in [5, 5.41) is 10.8. The largest absolute Gasteiger partial charge is 0.467 e. The molecule has 3 aromatic heterocycles. The van der Waals surface area contributed by atoms with Crippen LogP contribution in [0.1, 0.15) is 21.7 Å². The van der Waals surface area contributed by atoms with Gasteiger partial charge in [-0.25, -0.2) is 14.6 Å². The zero-order chi connectivity index (χ0) is 21.8. The first kappa shape index (κ1) is 20.4. The number of furan rings is 1. The molecule has 4 rings (SSSR count). The number of amides is 1. The Hall–Kier alpha value is -3.89. The average molecular weight is 430 g/mol. The third-order valence-electron chi connectivity index (χ3n) is 4.53.